The van der Waals surface area contributed by atoms with Crippen molar-refractivity contribution in [3.8, 4) is 17.1 Å². The van der Waals surface area contributed by atoms with Gasteiger partial charge in [0, 0.05) is 42.6 Å². The van der Waals surface area contributed by atoms with Gasteiger partial charge in [-0.3, -0.25) is 9.78 Å². The molecule has 0 unspecified atom stereocenters. The van der Waals surface area contributed by atoms with Crippen LogP contribution in [-0.4, -0.2) is 71.0 Å². The number of methoxy groups -OCH3 is 1. The number of carbonyl (C=O) groups is 1. The third kappa shape index (κ3) is 4.38. The zero-order chi connectivity index (χ0) is 22.8. The van der Waals surface area contributed by atoms with Crippen molar-refractivity contribution < 1.29 is 9.53 Å². The number of aromatic amines is 1. The van der Waals surface area contributed by atoms with Crippen LogP contribution in [0.4, 0.5) is 11.5 Å². The molecule has 0 aliphatic carbocycles. The van der Waals surface area contributed by atoms with E-state index in [0.717, 1.165) is 54.2 Å². The Balaban J connectivity index is 1.37. The van der Waals surface area contributed by atoms with Gasteiger partial charge in [-0.1, -0.05) is 18.2 Å². The Morgan fingerprint density at radius 1 is 1.06 bits per heavy atom. The number of carbonyl (C=O) groups excluding carboxylic acids is 1. The monoisotopic (exact) mass is 442 g/mol. The minimum atomic E-state index is 0.0218. The van der Waals surface area contributed by atoms with Crippen molar-refractivity contribution in [2.45, 2.75) is 0 Å². The lowest BCUT2D eigenvalue weighted by molar-refractivity contribution is 0.0664. The molecule has 33 heavy (non-hydrogen) atoms. The Morgan fingerprint density at radius 3 is 2.67 bits per heavy atom. The third-order valence-electron chi connectivity index (χ3n) is 5.94. The van der Waals surface area contributed by atoms with Crippen LogP contribution in [0.15, 0.2) is 60.9 Å². The Bertz CT molecular complexity index is 1260. The summed E-state index contributed by atoms with van der Waals surface area (Å²) in [5.41, 5.74) is 4.01. The molecular weight excluding hydrogens is 416 g/mol. The Kier molecular flexibility index (Phi) is 5.66. The molecule has 1 aliphatic heterocycles. The van der Waals surface area contributed by atoms with Crippen LogP contribution in [0.3, 0.4) is 0 Å². The largest absolute Gasteiger partial charge is 0.495 e. The number of amides is 1. The molecule has 3 heterocycles. The number of hydrogen-bond acceptors (Lipinski definition) is 6. The average Bonchev–Trinajstić information content (AvgIpc) is 3.29. The SMILES string of the molecule is COc1cc(C(=O)N2CCN(C)CC2)ccc1Nc1cncc(-c2cc3ccccc3[nH]2)n1. The fourth-order valence-corrected chi connectivity index (χ4v) is 4.02. The highest BCUT2D eigenvalue weighted by atomic mass is 16.5. The summed E-state index contributed by atoms with van der Waals surface area (Å²) in [6.45, 7) is 3.23. The van der Waals surface area contributed by atoms with Gasteiger partial charge in [0.15, 0.2) is 0 Å². The Morgan fingerprint density at radius 2 is 1.88 bits per heavy atom. The van der Waals surface area contributed by atoms with E-state index in [1.165, 1.54) is 0 Å². The second-order valence-electron chi connectivity index (χ2n) is 8.20. The second kappa shape index (κ2) is 8.91. The van der Waals surface area contributed by atoms with Gasteiger partial charge in [-0.05, 0) is 37.4 Å². The number of ether oxygens (including phenoxy) is 1. The standard InChI is InChI=1S/C25H26N6O2/c1-30-9-11-31(12-10-30)25(32)18-7-8-20(23(14-18)33-2)28-24-16-26-15-22(29-24)21-13-17-5-3-4-6-19(17)27-21/h3-8,13-16,27H,9-12H2,1-2H3,(H,28,29). The molecular formula is C25H26N6O2. The lowest BCUT2D eigenvalue weighted by Crippen LogP contribution is -2.47. The number of para-hydroxylation sites is 1. The van der Waals surface area contributed by atoms with E-state index in [4.69, 9.17) is 9.72 Å². The van der Waals surface area contributed by atoms with Crippen LogP contribution >= 0.6 is 0 Å². The average molecular weight is 443 g/mol. The van der Waals surface area contributed by atoms with Crippen molar-refractivity contribution in [1.82, 2.24) is 24.8 Å². The number of aromatic nitrogens is 3. The third-order valence-corrected chi connectivity index (χ3v) is 5.94. The van der Waals surface area contributed by atoms with Gasteiger partial charge in [-0.2, -0.15) is 0 Å². The van der Waals surface area contributed by atoms with Crippen molar-refractivity contribution in [3.05, 3.63) is 66.5 Å². The normalized spacial score (nSPS) is 14.4. The fourth-order valence-electron chi connectivity index (χ4n) is 4.02. The number of anilines is 2. The summed E-state index contributed by atoms with van der Waals surface area (Å²) in [5.74, 6) is 1.18. The predicted molar refractivity (Wildman–Crippen MR) is 129 cm³/mol. The fraction of sp³-hybridized carbons (Fsp3) is 0.240. The van der Waals surface area contributed by atoms with E-state index in [9.17, 15) is 4.79 Å². The molecule has 2 aromatic heterocycles. The number of hydrogen-bond donors (Lipinski definition) is 2. The number of nitrogens with one attached hydrogen (secondary N) is 2. The van der Waals surface area contributed by atoms with Crippen LogP contribution < -0.4 is 10.1 Å². The first kappa shape index (κ1) is 21.0. The van der Waals surface area contributed by atoms with Crippen molar-refractivity contribution in [2.75, 3.05) is 45.7 Å². The van der Waals surface area contributed by atoms with Gasteiger partial charge in [0.1, 0.15) is 17.3 Å². The van der Waals surface area contributed by atoms with E-state index in [1.54, 1.807) is 25.6 Å². The molecule has 0 spiro atoms. The molecule has 4 aromatic rings. The molecule has 1 saturated heterocycles. The molecule has 0 radical (unpaired) electrons. The molecule has 0 saturated carbocycles. The zero-order valence-electron chi connectivity index (χ0n) is 18.7. The number of benzene rings is 2. The van der Waals surface area contributed by atoms with Crippen molar-refractivity contribution in [3.63, 3.8) is 0 Å². The van der Waals surface area contributed by atoms with E-state index in [0.29, 0.717) is 17.1 Å². The smallest absolute Gasteiger partial charge is 0.254 e. The summed E-state index contributed by atoms with van der Waals surface area (Å²) >= 11 is 0. The summed E-state index contributed by atoms with van der Waals surface area (Å²) in [6.07, 6.45) is 3.39. The Hall–Kier alpha value is -3.91. The summed E-state index contributed by atoms with van der Waals surface area (Å²) < 4.78 is 5.57. The number of fused-ring (bicyclic) bond motifs is 1. The van der Waals surface area contributed by atoms with Gasteiger partial charge in [-0.25, -0.2) is 4.98 Å². The number of nitrogens with zero attached hydrogens (tertiary/aromatic N) is 4. The van der Waals surface area contributed by atoms with Crippen LogP contribution in [0.2, 0.25) is 0 Å². The lowest BCUT2D eigenvalue weighted by atomic mass is 10.1. The van der Waals surface area contributed by atoms with E-state index >= 15 is 0 Å². The second-order valence-corrected chi connectivity index (χ2v) is 8.20. The van der Waals surface area contributed by atoms with E-state index in [2.05, 4.69) is 39.4 Å². The van der Waals surface area contributed by atoms with Gasteiger partial charge in [-0.15, -0.1) is 0 Å². The predicted octanol–water partition coefficient (Wildman–Crippen LogP) is 3.76. The maximum absolute atomic E-state index is 12.9. The lowest BCUT2D eigenvalue weighted by Gasteiger charge is -2.32. The van der Waals surface area contributed by atoms with Crippen molar-refractivity contribution in [1.29, 1.82) is 0 Å². The molecule has 2 aromatic carbocycles. The van der Waals surface area contributed by atoms with Crippen LogP contribution in [0, 0.1) is 0 Å². The molecule has 168 valence electrons. The highest BCUT2D eigenvalue weighted by Gasteiger charge is 2.21. The molecule has 5 rings (SSSR count). The minimum Gasteiger partial charge on any atom is -0.495 e. The highest BCUT2D eigenvalue weighted by Crippen LogP contribution is 2.30. The first-order valence-electron chi connectivity index (χ1n) is 10.9. The molecule has 8 heteroatoms. The summed E-state index contributed by atoms with van der Waals surface area (Å²) in [6, 6.07) is 15.6. The highest BCUT2D eigenvalue weighted by molar-refractivity contribution is 5.95. The first-order chi connectivity index (χ1) is 16.1. The minimum absolute atomic E-state index is 0.0218. The van der Waals surface area contributed by atoms with E-state index in [-0.39, 0.29) is 5.91 Å². The zero-order valence-corrected chi connectivity index (χ0v) is 18.7. The summed E-state index contributed by atoms with van der Waals surface area (Å²) in [7, 11) is 3.67. The van der Waals surface area contributed by atoms with Crippen LogP contribution in [0.1, 0.15) is 10.4 Å². The molecule has 0 bridgehead atoms. The number of likely N-dealkylation sites (N-methyl/N-ethyl adjacent to an activating group) is 1. The quantitative estimate of drug-likeness (QED) is 0.489. The van der Waals surface area contributed by atoms with Gasteiger partial charge >= 0.3 is 0 Å². The number of piperazine rings is 1. The molecule has 0 atom stereocenters. The van der Waals surface area contributed by atoms with Gasteiger partial charge in [0.25, 0.3) is 5.91 Å². The van der Waals surface area contributed by atoms with Crippen molar-refractivity contribution in [2.24, 2.45) is 0 Å². The first-order valence-corrected chi connectivity index (χ1v) is 10.9. The van der Waals surface area contributed by atoms with E-state index in [1.807, 2.05) is 35.2 Å². The summed E-state index contributed by atoms with van der Waals surface area (Å²) in [5, 5.41) is 4.40. The van der Waals surface area contributed by atoms with Gasteiger partial charge in [0.05, 0.1) is 30.9 Å². The number of rotatable bonds is 5. The van der Waals surface area contributed by atoms with Crippen LogP contribution in [0.25, 0.3) is 22.3 Å². The van der Waals surface area contributed by atoms with E-state index < -0.39 is 0 Å². The maximum Gasteiger partial charge on any atom is 0.254 e. The molecule has 1 amide bonds. The van der Waals surface area contributed by atoms with Crippen LogP contribution in [-0.2, 0) is 0 Å². The molecule has 8 nitrogen and oxygen atoms in total. The Labute approximate surface area is 192 Å². The van der Waals surface area contributed by atoms with Gasteiger partial charge < -0.3 is 24.8 Å². The summed E-state index contributed by atoms with van der Waals surface area (Å²) in [4.78, 5) is 29.5. The molecule has 2 N–H and O–H groups in total. The topological polar surface area (TPSA) is 86.4 Å². The van der Waals surface area contributed by atoms with Gasteiger partial charge in [0.2, 0.25) is 0 Å². The number of H-pyrrole nitrogens is 1. The molecule has 1 fully saturated rings. The molecule has 1 aliphatic rings. The van der Waals surface area contributed by atoms with Crippen molar-refractivity contribution >= 4 is 28.3 Å². The maximum atomic E-state index is 12.9. The van der Waals surface area contributed by atoms with Crippen LogP contribution in [0.5, 0.6) is 5.75 Å².